The summed E-state index contributed by atoms with van der Waals surface area (Å²) in [4.78, 5) is 31.7. The van der Waals surface area contributed by atoms with Gasteiger partial charge < -0.3 is 26.3 Å². The van der Waals surface area contributed by atoms with Crippen LogP contribution in [0.2, 0.25) is 5.02 Å². The lowest BCUT2D eigenvalue weighted by atomic mass is 9.89. The number of benzene rings is 1. The Balaban J connectivity index is 0.000000236. The number of nitrogens with zero attached hydrogens (tertiary/aromatic N) is 3. The SMILES string of the molecule is C/C=C(\N=C(N)C(=N)OC(N)=O)c1cccc(Cl)c1.CCNC(=O)[C@@H]1COCCN1C1NCCN1CC1CCCCC1. The summed E-state index contributed by atoms with van der Waals surface area (Å²) in [5, 5.41) is 14.5. The zero-order chi connectivity index (χ0) is 30.5. The molecule has 1 saturated carbocycles. The zero-order valence-corrected chi connectivity index (χ0v) is 25.4. The van der Waals surface area contributed by atoms with Gasteiger partial charge in [0.05, 0.1) is 18.9 Å². The predicted molar refractivity (Wildman–Crippen MR) is 165 cm³/mol. The molecule has 2 heterocycles. The van der Waals surface area contributed by atoms with E-state index in [1.807, 2.05) is 6.92 Å². The van der Waals surface area contributed by atoms with Crippen molar-refractivity contribution in [3.05, 3.63) is 40.9 Å². The number of hydrogen-bond acceptors (Lipinski definition) is 9. The van der Waals surface area contributed by atoms with Crippen LogP contribution < -0.4 is 22.1 Å². The molecule has 0 radical (unpaired) electrons. The van der Waals surface area contributed by atoms with Crippen molar-refractivity contribution in [3.63, 3.8) is 0 Å². The molecule has 2 amide bonds. The van der Waals surface area contributed by atoms with Crippen LogP contribution in [0.3, 0.4) is 0 Å². The third-order valence-corrected chi connectivity index (χ3v) is 7.73. The Labute approximate surface area is 253 Å². The standard InChI is InChI=1S/C17H32N4O2.C12H13ClN4O2/c1-2-18-16(22)15-13-23-11-10-21(15)17-19-8-9-20(17)12-14-6-4-3-5-7-14;1-2-9(7-4-3-5-8(13)6-7)17-10(14)11(15)19-12(16)18/h14-15,17,19H,2-13H2,1H3,(H,18,22);2-6,15H,1H3,(H2,14,17)(H2,16,18)/b;9-2-,15-11?/t15-,17?;/m0./s1. The number of rotatable bonds is 7. The quantitative estimate of drug-likeness (QED) is 0.233. The number of nitrogens with two attached hydrogens (primary N) is 2. The monoisotopic (exact) mass is 604 g/mol. The van der Waals surface area contributed by atoms with Crippen molar-refractivity contribution < 1.29 is 19.1 Å². The summed E-state index contributed by atoms with van der Waals surface area (Å²) >= 11 is 5.88. The highest BCUT2D eigenvalue weighted by Gasteiger charge is 2.39. The number of ether oxygens (including phenoxy) is 2. The molecule has 0 bridgehead atoms. The highest BCUT2D eigenvalue weighted by atomic mass is 35.5. The van der Waals surface area contributed by atoms with Gasteiger partial charge in [-0.2, -0.15) is 0 Å². The zero-order valence-electron chi connectivity index (χ0n) is 24.6. The molecule has 12 nitrogen and oxygen atoms in total. The van der Waals surface area contributed by atoms with Gasteiger partial charge in [-0.15, -0.1) is 0 Å². The Bertz CT molecular complexity index is 1120. The number of halogens is 1. The van der Waals surface area contributed by atoms with Crippen molar-refractivity contribution in [2.45, 2.75) is 58.3 Å². The molecule has 1 aromatic rings. The fraction of sp³-hybridized carbons (Fsp3) is 0.586. The summed E-state index contributed by atoms with van der Waals surface area (Å²) in [6, 6.07) is 6.80. The van der Waals surface area contributed by atoms with E-state index >= 15 is 0 Å². The maximum Gasteiger partial charge on any atom is 0.411 e. The summed E-state index contributed by atoms with van der Waals surface area (Å²) in [6.45, 7) is 9.69. The minimum Gasteiger partial charge on any atom is -0.388 e. The maximum absolute atomic E-state index is 12.4. The molecule has 0 aromatic heterocycles. The van der Waals surface area contributed by atoms with E-state index < -0.39 is 12.0 Å². The van der Waals surface area contributed by atoms with Crippen LogP contribution in [-0.2, 0) is 14.3 Å². The average Bonchev–Trinajstić information content (AvgIpc) is 3.44. The molecule has 232 valence electrons. The number of amidine groups is 1. The minimum absolute atomic E-state index is 0.0958. The number of primary amides is 1. The van der Waals surface area contributed by atoms with Crippen LogP contribution in [0.5, 0.6) is 0 Å². The highest BCUT2D eigenvalue weighted by molar-refractivity contribution is 6.38. The lowest BCUT2D eigenvalue weighted by Gasteiger charge is -2.42. The fourth-order valence-corrected chi connectivity index (χ4v) is 5.70. The topological polar surface area (TPSA) is 171 Å². The van der Waals surface area contributed by atoms with Crippen LogP contribution in [0.25, 0.3) is 5.70 Å². The molecule has 7 N–H and O–H groups in total. The van der Waals surface area contributed by atoms with Crippen molar-refractivity contribution in [1.29, 1.82) is 5.41 Å². The number of allylic oxidation sites excluding steroid dienone is 1. The van der Waals surface area contributed by atoms with Gasteiger partial charge in [-0.25, -0.2) is 9.79 Å². The van der Waals surface area contributed by atoms with E-state index in [9.17, 15) is 9.59 Å². The molecule has 2 atom stereocenters. The molecule has 2 aliphatic heterocycles. The van der Waals surface area contributed by atoms with Gasteiger partial charge in [-0.05, 0) is 44.7 Å². The molecule has 4 rings (SSSR count). The first kappa shape index (κ1) is 33.5. The van der Waals surface area contributed by atoms with Crippen molar-refractivity contribution in [1.82, 2.24) is 20.4 Å². The molecule has 3 aliphatic rings. The van der Waals surface area contributed by atoms with Crippen LogP contribution in [0, 0.1) is 11.3 Å². The smallest absolute Gasteiger partial charge is 0.388 e. The number of nitrogens with one attached hydrogen (secondary N) is 3. The van der Waals surface area contributed by atoms with Crippen molar-refractivity contribution >= 4 is 41.0 Å². The van der Waals surface area contributed by atoms with E-state index in [1.165, 1.54) is 32.1 Å². The van der Waals surface area contributed by atoms with Crippen molar-refractivity contribution in [2.75, 3.05) is 45.9 Å². The van der Waals surface area contributed by atoms with Crippen molar-refractivity contribution in [3.8, 4) is 0 Å². The lowest BCUT2D eigenvalue weighted by Crippen LogP contribution is -2.63. The summed E-state index contributed by atoms with van der Waals surface area (Å²) < 4.78 is 9.91. The number of amides is 2. The fourth-order valence-electron chi connectivity index (χ4n) is 5.51. The molecule has 1 aromatic carbocycles. The number of carbonyl (C=O) groups is 2. The Hall–Kier alpha value is -3.03. The Morgan fingerprint density at radius 2 is 2.02 bits per heavy atom. The van der Waals surface area contributed by atoms with Crippen molar-refractivity contribution in [2.24, 2.45) is 22.4 Å². The van der Waals surface area contributed by atoms with Gasteiger partial charge in [0.1, 0.15) is 12.3 Å². The molecule has 3 fully saturated rings. The second-order valence-electron chi connectivity index (χ2n) is 10.5. The van der Waals surface area contributed by atoms with Crippen LogP contribution in [0.15, 0.2) is 35.3 Å². The second-order valence-corrected chi connectivity index (χ2v) is 10.9. The summed E-state index contributed by atoms with van der Waals surface area (Å²) in [7, 11) is 0. The van der Waals surface area contributed by atoms with Gasteiger partial charge in [0.25, 0.3) is 5.90 Å². The van der Waals surface area contributed by atoms with E-state index in [-0.39, 0.29) is 24.1 Å². The number of morpholine rings is 1. The molecular weight excluding hydrogens is 560 g/mol. The van der Waals surface area contributed by atoms with E-state index in [0.717, 1.165) is 37.7 Å². The first-order chi connectivity index (χ1) is 20.2. The maximum atomic E-state index is 12.4. The molecule has 0 spiro atoms. The Morgan fingerprint density at radius 3 is 2.69 bits per heavy atom. The highest BCUT2D eigenvalue weighted by Crippen LogP contribution is 2.26. The first-order valence-corrected chi connectivity index (χ1v) is 15.0. The Kier molecular flexibility index (Phi) is 13.7. The van der Waals surface area contributed by atoms with Crippen LogP contribution in [-0.4, -0.2) is 91.8 Å². The van der Waals surface area contributed by atoms with E-state index in [1.54, 1.807) is 37.3 Å². The molecule has 1 unspecified atom stereocenters. The normalized spacial score (nSPS) is 22.6. The Morgan fingerprint density at radius 1 is 1.26 bits per heavy atom. The van der Waals surface area contributed by atoms with Gasteiger partial charge in [0, 0.05) is 43.3 Å². The molecule has 42 heavy (non-hydrogen) atoms. The van der Waals surface area contributed by atoms with Gasteiger partial charge in [0.15, 0.2) is 5.84 Å². The summed E-state index contributed by atoms with van der Waals surface area (Å²) in [5.41, 5.74) is 11.5. The van der Waals surface area contributed by atoms with Crippen LogP contribution in [0.4, 0.5) is 4.79 Å². The third kappa shape index (κ3) is 10.1. The number of aliphatic imine (C=N–C) groups is 1. The first-order valence-electron chi connectivity index (χ1n) is 14.6. The van der Waals surface area contributed by atoms with E-state index in [4.69, 9.17) is 33.2 Å². The average molecular weight is 605 g/mol. The minimum atomic E-state index is -1.12. The summed E-state index contributed by atoms with van der Waals surface area (Å²) in [6.07, 6.45) is 7.67. The van der Waals surface area contributed by atoms with E-state index in [0.29, 0.717) is 30.5 Å². The molecule has 1 aliphatic carbocycles. The molecule has 13 heteroatoms. The third-order valence-electron chi connectivity index (χ3n) is 7.50. The van der Waals surface area contributed by atoms with Crippen LogP contribution in [0.1, 0.15) is 51.5 Å². The van der Waals surface area contributed by atoms with E-state index in [2.05, 4.69) is 30.2 Å². The lowest BCUT2D eigenvalue weighted by molar-refractivity contribution is -0.139. The second kappa shape index (κ2) is 17.2. The summed E-state index contributed by atoms with van der Waals surface area (Å²) in [5.74, 6) is 0.0642. The van der Waals surface area contributed by atoms with Gasteiger partial charge in [0.2, 0.25) is 5.91 Å². The predicted octanol–water partition coefficient (Wildman–Crippen LogP) is 2.72. The largest absolute Gasteiger partial charge is 0.411 e. The van der Waals surface area contributed by atoms with Crippen LogP contribution >= 0.6 is 11.6 Å². The van der Waals surface area contributed by atoms with Gasteiger partial charge in [-0.3, -0.25) is 25.3 Å². The van der Waals surface area contributed by atoms with Gasteiger partial charge in [-0.1, -0.05) is 49.1 Å². The number of hydrogen-bond donors (Lipinski definition) is 5. The number of likely N-dealkylation sites (N-methyl/N-ethyl adjacent to an activating group) is 1. The number of carbonyl (C=O) groups excluding carboxylic acids is 2. The molecule has 2 saturated heterocycles. The molecular formula is C29H45ClN8O4. The van der Waals surface area contributed by atoms with Gasteiger partial charge >= 0.3 is 6.09 Å².